The molecule has 4 nitrogen and oxygen atoms in total. The van der Waals surface area contributed by atoms with E-state index >= 15 is 0 Å². The highest BCUT2D eigenvalue weighted by Gasteiger charge is 2.36. The molecule has 1 amide bonds. The number of alkyl halides is 3. The van der Waals surface area contributed by atoms with Crippen LogP contribution in [0, 0.1) is 5.92 Å². The van der Waals surface area contributed by atoms with Crippen LogP contribution >= 0.6 is 0 Å². The molecule has 26 heavy (non-hydrogen) atoms. The number of pyridine rings is 1. The van der Waals surface area contributed by atoms with Crippen LogP contribution in [0.15, 0.2) is 48.7 Å². The summed E-state index contributed by atoms with van der Waals surface area (Å²) in [4.78, 5) is 16.7. The van der Waals surface area contributed by atoms with Crippen LogP contribution in [0.2, 0.25) is 0 Å². The average Bonchev–Trinajstić information content (AvgIpc) is 2.58. The van der Waals surface area contributed by atoms with Gasteiger partial charge in [0.2, 0.25) is 5.91 Å². The summed E-state index contributed by atoms with van der Waals surface area (Å²) >= 11 is 0. The Balaban J connectivity index is 1.66. The third kappa shape index (κ3) is 4.40. The molecule has 0 radical (unpaired) electrons. The molecular weight excluding hydrogens is 345 g/mol. The van der Waals surface area contributed by atoms with Gasteiger partial charge in [-0.15, -0.1) is 0 Å². The van der Waals surface area contributed by atoms with Crippen LogP contribution in [0.25, 0.3) is 0 Å². The number of aliphatic hydroxyl groups excluding tert-OH is 1. The minimum absolute atomic E-state index is 0.0171. The van der Waals surface area contributed by atoms with Crippen molar-refractivity contribution in [2.75, 3.05) is 0 Å². The minimum Gasteiger partial charge on any atom is -0.393 e. The quantitative estimate of drug-likeness (QED) is 0.856. The molecule has 1 aromatic heterocycles. The van der Waals surface area contributed by atoms with Crippen molar-refractivity contribution in [2.24, 2.45) is 5.92 Å². The number of nitrogens with one attached hydrogen (secondary N) is 1. The standard InChI is InChI=1S/C19H19F3N2O2/c20-19(21,22)14-6-4-12(5-7-14)9-17(26)24-18(13-10-15(25)11-13)16-3-1-2-8-23-16/h1-8,13,15,18,25H,9-11H2,(H,24,26). The van der Waals surface area contributed by atoms with Gasteiger partial charge in [-0.2, -0.15) is 13.2 Å². The third-order valence-corrected chi connectivity index (χ3v) is 4.59. The van der Waals surface area contributed by atoms with Crippen molar-refractivity contribution in [3.8, 4) is 0 Å². The molecule has 0 spiro atoms. The maximum atomic E-state index is 12.6. The number of halogens is 3. The van der Waals surface area contributed by atoms with Gasteiger partial charge in [-0.25, -0.2) is 0 Å². The molecular formula is C19H19F3N2O2. The Kier molecular flexibility index (Phi) is 5.27. The second-order valence-electron chi connectivity index (χ2n) is 6.56. The molecule has 1 aliphatic carbocycles. The van der Waals surface area contributed by atoms with Gasteiger partial charge in [0, 0.05) is 6.20 Å². The average molecular weight is 364 g/mol. The zero-order valence-corrected chi connectivity index (χ0v) is 13.9. The minimum atomic E-state index is -4.39. The molecule has 2 aromatic rings. The Hall–Kier alpha value is -2.41. The van der Waals surface area contributed by atoms with Gasteiger partial charge in [-0.3, -0.25) is 9.78 Å². The molecule has 138 valence electrons. The molecule has 1 saturated carbocycles. The zero-order chi connectivity index (χ0) is 18.7. The summed E-state index contributed by atoms with van der Waals surface area (Å²) in [5.41, 5.74) is 0.477. The van der Waals surface area contributed by atoms with E-state index in [1.807, 2.05) is 12.1 Å². The summed E-state index contributed by atoms with van der Waals surface area (Å²) in [5, 5.41) is 12.5. The SMILES string of the molecule is O=C(Cc1ccc(C(F)(F)F)cc1)NC(c1ccccn1)C1CC(O)C1. The van der Waals surface area contributed by atoms with Crippen LogP contribution in [-0.2, 0) is 17.4 Å². The van der Waals surface area contributed by atoms with Crippen molar-refractivity contribution in [1.82, 2.24) is 10.3 Å². The molecule has 1 aliphatic rings. The monoisotopic (exact) mass is 364 g/mol. The summed E-state index contributed by atoms with van der Waals surface area (Å²) < 4.78 is 37.8. The first-order valence-electron chi connectivity index (χ1n) is 8.37. The summed E-state index contributed by atoms with van der Waals surface area (Å²) in [6.45, 7) is 0. The van der Waals surface area contributed by atoms with E-state index in [-0.39, 0.29) is 30.4 Å². The van der Waals surface area contributed by atoms with Gasteiger partial charge in [0.1, 0.15) is 0 Å². The van der Waals surface area contributed by atoms with E-state index in [1.54, 1.807) is 12.3 Å². The van der Waals surface area contributed by atoms with Gasteiger partial charge in [-0.1, -0.05) is 18.2 Å². The normalized spacial score (nSPS) is 20.9. The third-order valence-electron chi connectivity index (χ3n) is 4.59. The van der Waals surface area contributed by atoms with Crippen molar-refractivity contribution in [3.63, 3.8) is 0 Å². The van der Waals surface area contributed by atoms with E-state index in [9.17, 15) is 23.1 Å². The van der Waals surface area contributed by atoms with Crippen molar-refractivity contribution in [1.29, 1.82) is 0 Å². The summed E-state index contributed by atoms with van der Waals surface area (Å²) in [7, 11) is 0. The van der Waals surface area contributed by atoms with Gasteiger partial charge in [0.15, 0.2) is 0 Å². The van der Waals surface area contributed by atoms with E-state index in [1.165, 1.54) is 12.1 Å². The zero-order valence-electron chi connectivity index (χ0n) is 13.9. The number of carbonyl (C=O) groups excluding carboxylic acids is 1. The maximum absolute atomic E-state index is 12.6. The summed E-state index contributed by atoms with van der Waals surface area (Å²) in [6.07, 6.45) is -1.96. The van der Waals surface area contributed by atoms with Crippen LogP contribution in [0.3, 0.4) is 0 Å². The number of benzene rings is 1. The lowest BCUT2D eigenvalue weighted by molar-refractivity contribution is -0.137. The lowest BCUT2D eigenvalue weighted by atomic mass is 9.76. The van der Waals surface area contributed by atoms with Gasteiger partial charge >= 0.3 is 6.18 Å². The topological polar surface area (TPSA) is 62.2 Å². The van der Waals surface area contributed by atoms with Crippen LogP contribution in [0.4, 0.5) is 13.2 Å². The molecule has 2 N–H and O–H groups in total. The van der Waals surface area contributed by atoms with Crippen molar-refractivity contribution in [3.05, 3.63) is 65.5 Å². The second-order valence-corrected chi connectivity index (χ2v) is 6.56. The van der Waals surface area contributed by atoms with E-state index in [0.29, 0.717) is 24.1 Å². The Morgan fingerprint density at radius 1 is 1.19 bits per heavy atom. The van der Waals surface area contributed by atoms with Crippen LogP contribution in [0.1, 0.15) is 35.7 Å². The molecule has 1 unspecified atom stereocenters. The van der Waals surface area contributed by atoms with Crippen molar-refractivity contribution >= 4 is 5.91 Å². The number of aliphatic hydroxyl groups is 1. The largest absolute Gasteiger partial charge is 0.416 e. The van der Waals surface area contributed by atoms with E-state index in [4.69, 9.17) is 0 Å². The lowest BCUT2D eigenvalue weighted by Gasteiger charge is -2.37. The fraction of sp³-hybridized carbons (Fsp3) is 0.368. The first kappa shape index (κ1) is 18.4. The molecule has 1 atom stereocenters. The number of hydrogen-bond acceptors (Lipinski definition) is 3. The van der Waals surface area contributed by atoms with E-state index < -0.39 is 11.7 Å². The molecule has 3 rings (SSSR count). The highest BCUT2D eigenvalue weighted by molar-refractivity contribution is 5.79. The fourth-order valence-electron chi connectivity index (χ4n) is 3.12. The maximum Gasteiger partial charge on any atom is 0.416 e. The molecule has 0 bridgehead atoms. The predicted octanol–water partition coefficient (Wildman–Crippen LogP) is 3.27. The molecule has 1 aromatic carbocycles. The fourth-order valence-corrected chi connectivity index (χ4v) is 3.12. The highest BCUT2D eigenvalue weighted by Crippen LogP contribution is 2.37. The Morgan fingerprint density at radius 3 is 2.42 bits per heavy atom. The first-order valence-corrected chi connectivity index (χ1v) is 8.37. The number of aromatic nitrogens is 1. The Labute approximate surface area is 149 Å². The molecule has 0 aliphatic heterocycles. The molecule has 1 fully saturated rings. The van der Waals surface area contributed by atoms with Crippen LogP contribution in [0.5, 0.6) is 0 Å². The van der Waals surface area contributed by atoms with E-state index in [0.717, 1.165) is 12.1 Å². The van der Waals surface area contributed by atoms with Crippen molar-refractivity contribution in [2.45, 2.75) is 37.6 Å². The van der Waals surface area contributed by atoms with Gasteiger partial charge in [0.25, 0.3) is 0 Å². The highest BCUT2D eigenvalue weighted by atomic mass is 19.4. The first-order chi connectivity index (χ1) is 12.3. The molecule has 1 heterocycles. The number of rotatable bonds is 5. The second kappa shape index (κ2) is 7.45. The van der Waals surface area contributed by atoms with Crippen LogP contribution < -0.4 is 5.32 Å². The van der Waals surface area contributed by atoms with Gasteiger partial charge in [-0.05, 0) is 48.6 Å². The van der Waals surface area contributed by atoms with Crippen LogP contribution in [-0.4, -0.2) is 22.1 Å². The Morgan fingerprint density at radius 2 is 1.88 bits per heavy atom. The molecule has 0 saturated heterocycles. The summed E-state index contributed by atoms with van der Waals surface area (Å²) in [6, 6.07) is 9.67. The Bertz CT molecular complexity index is 742. The van der Waals surface area contributed by atoms with Crippen molar-refractivity contribution < 1.29 is 23.1 Å². The van der Waals surface area contributed by atoms with Gasteiger partial charge in [0.05, 0.1) is 29.8 Å². The molecule has 7 heteroatoms. The van der Waals surface area contributed by atoms with E-state index in [2.05, 4.69) is 10.3 Å². The predicted molar refractivity (Wildman–Crippen MR) is 89.0 cm³/mol. The smallest absolute Gasteiger partial charge is 0.393 e. The number of hydrogen-bond donors (Lipinski definition) is 2. The number of carbonyl (C=O) groups is 1. The van der Waals surface area contributed by atoms with Gasteiger partial charge < -0.3 is 10.4 Å². The number of amides is 1. The number of nitrogens with zero attached hydrogens (tertiary/aromatic N) is 1. The lowest BCUT2D eigenvalue weighted by Crippen LogP contribution is -2.42. The summed E-state index contributed by atoms with van der Waals surface area (Å²) in [5.74, 6) is -0.196.